The average Bonchev–Trinajstić information content (AvgIpc) is 2.27. The molecule has 1 aliphatic carbocycles. The fourth-order valence-corrected chi connectivity index (χ4v) is 2.86. The molecule has 0 aromatic carbocycles. The highest BCUT2D eigenvalue weighted by atomic mass is 16.1. The number of primary amides is 1. The predicted octanol–water partition coefficient (Wildman–Crippen LogP) is 1.10. The molecule has 1 aliphatic rings. The largest absolute Gasteiger partial charge is 0.368 e. The molecule has 4 nitrogen and oxygen atoms in total. The molecule has 17 heavy (non-hydrogen) atoms. The first-order chi connectivity index (χ1) is 7.91. The van der Waals surface area contributed by atoms with Crippen LogP contribution >= 0.6 is 0 Å². The molecule has 0 aromatic heterocycles. The van der Waals surface area contributed by atoms with E-state index in [1.54, 1.807) is 0 Å². The number of carbonyl (C=O) groups is 1. The van der Waals surface area contributed by atoms with Crippen LogP contribution in [0.2, 0.25) is 0 Å². The zero-order chi connectivity index (χ0) is 13.1. The monoisotopic (exact) mass is 241 g/mol. The van der Waals surface area contributed by atoms with E-state index in [9.17, 15) is 4.79 Å². The summed E-state index contributed by atoms with van der Waals surface area (Å²) in [4.78, 5) is 14.1. The Bertz CT molecular complexity index is 267. The normalized spacial score (nSPS) is 29.9. The summed E-state index contributed by atoms with van der Waals surface area (Å²) in [5.41, 5.74) is 5.13. The van der Waals surface area contributed by atoms with Crippen molar-refractivity contribution in [1.29, 1.82) is 0 Å². The van der Waals surface area contributed by atoms with Gasteiger partial charge < -0.3 is 16.0 Å². The number of carbonyl (C=O) groups excluding carboxylic acids is 1. The molecule has 2 atom stereocenters. The Morgan fingerprint density at radius 1 is 1.59 bits per heavy atom. The van der Waals surface area contributed by atoms with Crippen LogP contribution < -0.4 is 11.1 Å². The van der Waals surface area contributed by atoms with Crippen LogP contribution in [-0.2, 0) is 4.79 Å². The molecule has 2 unspecified atom stereocenters. The number of hydrogen-bond acceptors (Lipinski definition) is 3. The zero-order valence-electron chi connectivity index (χ0n) is 11.6. The fraction of sp³-hybridized carbons (Fsp3) is 0.923. The lowest BCUT2D eigenvalue weighted by molar-refractivity contribution is -0.127. The van der Waals surface area contributed by atoms with Crippen molar-refractivity contribution in [3.05, 3.63) is 0 Å². The van der Waals surface area contributed by atoms with Crippen LogP contribution in [0.1, 0.15) is 46.5 Å². The van der Waals surface area contributed by atoms with Crippen LogP contribution in [-0.4, -0.2) is 42.0 Å². The maximum atomic E-state index is 11.8. The summed E-state index contributed by atoms with van der Waals surface area (Å²) >= 11 is 0. The fourth-order valence-electron chi connectivity index (χ4n) is 2.86. The van der Waals surface area contributed by atoms with Crippen molar-refractivity contribution < 1.29 is 4.79 Å². The van der Waals surface area contributed by atoms with E-state index in [1.807, 2.05) is 0 Å². The Hall–Kier alpha value is -0.610. The van der Waals surface area contributed by atoms with Crippen molar-refractivity contribution in [3.8, 4) is 0 Å². The van der Waals surface area contributed by atoms with Crippen molar-refractivity contribution in [1.82, 2.24) is 10.2 Å². The average molecular weight is 241 g/mol. The van der Waals surface area contributed by atoms with Crippen LogP contribution in [0.3, 0.4) is 0 Å². The molecular formula is C13H27N3O. The number of rotatable bonds is 5. The minimum atomic E-state index is -0.499. The van der Waals surface area contributed by atoms with E-state index >= 15 is 0 Å². The Labute approximate surface area is 105 Å². The molecule has 0 radical (unpaired) electrons. The molecule has 4 heteroatoms. The zero-order valence-corrected chi connectivity index (χ0v) is 11.6. The molecule has 1 amide bonds. The Kier molecular flexibility index (Phi) is 4.95. The van der Waals surface area contributed by atoms with Crippen LogP contribution in [0.15, 0.2) is 0 Å². The lowest BCUT2D eigenvalue weighted by atomic mass is 9.77. The molecule has 100 valence electrons. The van der Waals surface area contributed by atoms with Gasteiger partial charge in [0.2, 0.25) is 5.91 Å². The lowest BCUT2D eigenvalue weighted by Crippen LogP contribution is -2.62. The smallest absolute Gasteiger partial charge is 0.237 e. The van der Waals surface area contributed by atoms with Crippen molar-refractivity contribution >= 4 is 5.91 Å². The lowest BCUT2D eigenvalue weighted by Gasteiger charge is -2.43. The highest BCUT2D eigenvalue weighted by Crippen LogP contribution is 2.31. The Balaban J connectivity index is 2.80. The van der Waals surface area contributed by atoms with Gasteiger partial charge in [-0.25, -0.2) is 0 Å². The molecule has 1 fully saturated rings. The van der Waals surface area contributed by atoms with Crippen LogP contribution in [0.5, 0.6) is 0 Å². The van der Waals surface area contributed by atoms with Gasteiger partial charge in [-0.05, 0) is 53.1 Å². The quantitative estimate of drug-likeness (QED) is 0.758. The summed E-state index contributed by atoms with van der Waals surface area (Å²) < 4.78 is 0. The first-order valence-electron chi connectivity index (χ1n) is 6.69. The third kappa shape index (κ3) is 3.42. The van der Waals surface area contributed by atoms with Gasteiger partial charge in [0, 0.05) is 12.1 Å². The summed E-state index contributed by atoms with van der Waals surface area (Å²) in [6.45, 7) is 7.30. The van der Waals surface area contributed by atoms with Crippen LogP contribution in [0, 0.1) is 0 Å². The molecule has 0 spiro atoms. The highest BCUT2D eigenvalue weighted by molar-refractivity contribution is 5.85. The van der Waals surface area contributed by atoms with Gasteiger partial charge in [0.25, 0.3) is 0 Å². The SMILES string of the molecule is CCN(C)C1CCCC(NC(C)C)(C(N)=O)C1. The third-order valence-electron chi connectivity index (χ3n) is 3.88. The molecule has 0 heterocycles. The number of nitrogens with one attached hydrogen (secondary N) is 1. The van der Waals surface area contributed by atoms with Gasteiger partial charge in [-0.15, -0.1) is 0 Å². The molecular weight excluding hydrogens is 214 g/mol. The first-order valence-corrected chi connectivity index (χ1v) is 6.69. The Morgan fingerprint density at radius 2 is 2.24 bits per heavy atom. The van der Waals surface area contributed by atoms with Crippen molar-refractivity contribution in [3.63, 3.8) is 0 Å². The Morgan fingerprint density at radius 3 is 2.71 bits per heavy atom. The number of nitrogens with zero attached hydrogens (tertiary/aromatic N) is 1. The highest BCUT2D eigenvalue weighted by Gasteiger charge is 2.42. The summed E-state index contributed by atoms with van der Waals surface area (Å²) in [5.74, 6) is -0.194. The maximum Gasteiger partial charge on any atom is 0.237 e. The van der Waals surface area contributed by atoms with E-state index in [2.05, 4.69) is 38.0 Å². The van der Waals surface area contributed by atoms with Crippen molar-refractivity contribution in [2.45, 2.75) is 64.1 Å². The van der Waals surface area contributed by atoms with Crippen molar-refractivity contribution in [2.24, 2.45) is 5.73 Å². The summed E-state index contributed by atoms with van der Waals surface area (Å²) in [6, 6.07) is 0.751. The minimum Gasteiger partial charge on any atom is -0.368 e. The minimum absolute atomic E-state index is 0.194. The van der Waals surface area contributed by atoms with Gasteiger partial charge in [-0.3, -0.25) is 4.79 Å². The standard InChI is InChI=1S/C13H27N3O/c1-5-16(4)11-7-6-8-13(9-11,12(14)17)15-10(2)3/h10-11,15H,5-9H2,1-4H3,(H2,14,17). The van der Waals surface area contributed by atoms with Crippen molar-refractivity contribution in [2.75, 3.05) is 13.6 Å². The van der Waals surface area contributed by atoms with Gasteiger partial charge in [0.15, 0.2) is 0 Å². The van der Waals surface area contributed by atoms with E-state index in [0.717, 1.165) is 25.8 Å². The van der Waals surface area contributed by atoms with E-state index in [0.29, 0.717) is 6.04 Å². The molecule has 0 bridgehead atoms. The van der Waals surface area contributed by atoms with Gasteiger partial charge in [0.1, 0.15) is 0 Å². The number of amides is 1. The first kappa shape index (κ1) is 14.5. The summed E-state index contributed by atoms with van der Waals surface area (Å²) in [7, 11) is 2.12. The second-order valence-electron chi connectivity index (χ2n) is 5.57. The van der Waals surface area contributed by atoms with E-state index in [4.69, 9.17) is 5.73 Å². The number of nitrogens with two attached hydrogens (primary N) is 1. The molecule has 1 saturated carbocycles. The predicted molar refractivity (Wildman–Crippen MR) is 70.8 cm³/mol. The van der Waals surface area contributed by atoms with Gasteiger partial charge in [-0.1, -0.05) is 6.92 Å². The number of hydrogen-bond donors (Lipinski definition) is 2. The summed E-state index contributed by atoms with van der Waals surface area (Å²) in [6.07, 6.45) is 3.94. The molecule has 0 saturated heterocycles. The topological polar surface area (TPSA) is 58.4 Å². The second-order valence-corrected chi connectivity index (χ2v) is 5.57. The van der Waals surface area contributed by atoms with Gasteiger partial charge in [-0.2, -0.15) is 0 Å². The molecule has 1 rings (SSSR count). The van der Waals surface area contributed by atoms with E-state index in [1.165, 1.54) is 6.42 Å². The maximum absolute atomic E-state index is 11.8. The van der Waals surface area contributed by atoms with Gasteiger partial charge in [0.05, 0.1) is 5.54 Å². The van der Waals surface area contributed by atoms with E-state index < -0.39 is 5.54 Å². The second kappa shape index (κ2) is 5.83. The van der Waals surface area contributed by atoms with Crippen LogP contribution in [0.25, 0.3) is 0 Å². The molecule has 0 aromatic rings. The molecule has 3 N–H and O–H groups in total. The van der Waals surface area contributed by atoms with Gasteiger partial charge >= 0.3 is 0 Å². The summed E-state index contributed by atoms with van der Waals surface area (Å²) in [5, 5.41) is 3.40. The third-order valence-corrected chi connectivity index (χ3v) is 3.88. The van der Waals surface area contributed by atoms with Crippen LogP contribution in [0.4, 0.5) is 0 Å². The molecule has 0 aliphatic heterocycles. The van der Waals surface area contributed by atoms with E-state index in [-0.39, 0.29) is 11.9 Å².